The molecule has 102 valence electrons. The van der Waals surface area contributed by atoms with E-state index in [1.165, 1.54) is 15.9 Å². The summed E-state index contributed by atoms with van der Waals surface area (Å²) in [6.45, 7) is 3.83. The van der Waals surface area contributed by atoms with Crippen molar-refractivity contribution < 1.29 is 4.92 Å². The number of nitro groups is 1. The van der Waals surface area contributed by atoms with E-state index >= 15 is 0 Å². The van der Waals surface area contributed by atoms with Crippen LogP contribution in [0.3, 0.4) is 0 Å². The Labute approximate surface area is 117 Å². The fourth-order valence-corrected chi connectivity index (χ4v) is 2.73. The minimum Gasteiger partial charge on any atom is -0.302 e. The molecule has 0 N–H and O–H groups in total. The molecule has 0 aliphatic carbocycles. The number of aromatic nitrogens is 2. The van der Waals surface area contributed by atoms with Crippen LogP contribution in [0.15, 0.2) is 17.1 Å². The quantitative estimate of drug-likeness (QED) is 0.633. The minimum atomic E-state index is -0.623. The number of hydrogen-bond donors (Lipinski definition) is 0. The van der Waals surface area contributed by atoms with Gasteiger partial charge in [-0.3, -0.25) is 14.9 Å². The number of aryl methyl sites for hydroxylation is 2. The van der Waals surface area contributed by atoms with Crippen LogP contribution in [0.25, 0.3) is 0 Å². The van der Waals surface area contributed by atoms with Crippen LogP contribution in [0.5, 0.6) is 0 Å². The smallest absolute Gasteiger partial charge is 0.287 e. The van der Waals surface area contributed by atoms with Crippen LogP contribution in [-0.2, 0) is 6.54 Å². The molecule has 0 amide bonds. The molecule has 0 saturated heterocycles. The van der Waals surface area contributed by atoms with Crippen LogP contribution in [-0.4, -0.2) is 14.5 Å². The predicted octanol–water partition coefficient (Wildman–Crippen LogP) is 1.75. The monoisotopic (exact) mass is 290 g/mol. The Kier molecular flexibility index (Phi) is 3.63. The van der Waals surface area contributed by atoms with E-state index in [1.807, 2.05) is 13.8 Å². The zero-order valence-corrected chi connectivity index (χ0v) is 11.6. The molecule has 20 heavy (non-hydrogen) atoms. The van der Waals surface area contributed by atoms with Gasteiger partial charge in [-0.25, -0.2) is 4.98 Å². The molecule has 0 bridgehead atoms. The lowest BCUT2D eigenvalue weighted by Crippen LogP contribution is -2.23. The fraction of sp³-hybridized carbons (Fsp3) is 0.250. The molecule has 0 radical (unpaired) electrons. The first kappa shape index (κ1) is 13.9. The molecular weight excluding hydrogens is 280 g/mol. The van der Waals surface area contributed by atoms with E-state index in [0.717, 1.165) is 27.8 Å². The molecule has 2 heterocycles. The van der Waals surface area contributed by atoms with E-state index in [1.54, 1.807) is 6.07 Å². The summed E-state index contributed by atoms with van der Waals surface area (Å²) in [6.07, 6.45) is 1.15. The van der Waals surface area contributed by atoms with Crippen molar-refractivity contribution in [1.29, 1.82) is 5.26 Å². The van der Waals surface area contributed by atoms with Crippen molar-refractivity contribution in [2.24, 2.45) is 0 Å². The molecular formula is C12H10N4O3S. The van der Waals surface area contributed by atoms with Gasteiger partial charge in [0.15, 0.2) is 0 Å². The van der Waals surface area contributed by atoms with Crippen molar-refractivity contribution >= 4 is 17.0 Å². The summed E-state index contributed by atoms with van der Waals surface area (Å²) in [5, 5.41) is 20.6. The molecule has 0 aromatic carbocycles. The Morgan fingerprint density at radius 2 is 2.25 bits per heavy atom. The minimum absolute atomic E-state index is 0.173. The summed E-state index contributed by atoms with van der Waals surface area (Å²) >= 11 is 1.42. The van der Waals surface area contributed by atoms with Crippen LogP contribution in [0, 0.1) is 35.3 Å². The Morgan fingerprint density at radius 1 is 1.55 bits per heavy atom. The average molecular weight is 290 g/mol. The van der Waals surface area contributed by atoms with Gasteiger partial charge < -0.3 is 4.57 Å². The number of thiazole rings is 1. The molecule has 0 fully saturated rings. The Morgan fingerprint density at radius 3 is 2.75 bits per heavy atom. The number of nitriles is 1. The van der Waals surface area contributed by atoms with Gasteiger partial charge in [-0.15, -0.1) is 11.3 Å². The molecule has 0 atom stereocenters. The van der Waals surface area contributed by atoms with Crippen molar-refractivity contribution in [3.8, 4) is 6.07 Å². The molecule has 2 aromatic heterocycles. The SMILES string of the molecule is Cc1nc(C)c(Cn2cc([N+](=O)[O-])cc(C#N)c2=O)s1. The average Bonchev–Trinajstić information content (AvgIpc) is 2.70. The maximum absolute atomic E-state index is 12.0. The normalized spacial score (nSPS) is 10.2. The second-order valence-corrected chi connectivity index (χ2v) is 5.44. The Balaban J connectivity index is 2.54. The molecule has 0 spiro atoms. The van der Waals surface area contributed by atoms with Gasteiger partial charge >= 0.3 is 0 Å². The van der Waals surface area contributed by atoms with E-state index < -0.39 is 10.5 Å². The third-order valence-corrected chi connectivity index (χ3v) is 3.77. The van der Waals surface area contributed by atoms with Gasteiger partial charge in [0, 0.05) is 10.9 Å². The third kappa shape index (κ3) is 2.57. The Hall–Kier alpha value is -2.53. The Bertz CT molecular complexity index is 785. The van der Waals surface area contributed by atoms with Crippen LogP contribution in [0.2, 0.25) is 0 Å². The standard InChI is InChI=1S/C12H10N4O3S/c1-7-11(20-8(2)14-7)6-15-5-10(16(18)19)3-9(4-13)12(15)17/h3,5H,6H2,1-2H3. The van der Waals surface area contributed by atoms with Gasteiger partial charge in [0.25, 0.3) is 11.2 Å². The van der Waals surface area contributed by atoms with Crippen molar-refractivity contribution in [1.82, 2.24) is 9.55 Å². The highest BCUT2D eigenvalue weighted by Gasteiger charge is 2.15. The van der Waals surface area contributed by atoms with E-state index in [2.05, 4.69) is 4.98 Å². The third-order valence-electron chi connectivity index (χ3n) is 2.72. The lowest BCUT2D eigenvalue weighted by atomic mass is 10.2. The summed E-state index contributed by atoms with van der Waals surface area (Å²) < 4.78 is 1.18. The van der Waals surface area contributed by atoms with Gasteiger partial charge in [0.1, 0.15) is 11.6 Å². The molecule has 2 aromatic rings. The molecule has 0 saturated carbocycles. The lowest BCUT2D eigenvalue weighted by Gasteiger charge is -2.05. The fourth-order valence-electron chi connectivity index (χ4n) is 1.79. The van der Waals surface area contributed by atoms with Gasteiger partial charge in [0.05, 0.1) is 28.4 Å². The highest BCUT2D eigenvalue weighted by atomic mass is 32.1. The highest BCUT2D eigenvalue weighted by molar-refractivity contribution is 7.11. The summed E-state index contributed by atoms with van der Waals surface area (Å²) in [5.74, 6) is 0. The lowest BCUT2D eigenvalue weighted by molar-refractivity contribution is -0.385. The van der Waals surface area contributed by atoms with E-state index in [0.29, 0.717) is 0 Å². The summed E-state index contributed by atoms with van der Waals surface area (Å²) in [6, 6.07) is 2.68. The highest BCUT2D eigenvalue weighted by Crippen LogP contribution is 2.19. The van der Waals surface area contributed by atoms with Gasteiger partial charge in [0.2, 0.25) is 0 Å². The molecule has 0 aliphatic heterocycles. The van der Waals surface area contributed by atoms with Crippen LogP contribution < -0.4 is 5.56 Å². The maximum Gasteiger partial charge on any atom is 0.287 e. The summed E-state index contributed by atoms with van der Waals surface area (Å²) in [4.78, 5) is 27.3. The summed E-state index contributed by atoms with van der Waals surface area (Å²) in [5.41, 5.74) is -0.272. The molecule has 2 rings (SSSR count). The number of hydrogen-bond acceptors (Lipinski definition) is 6. The second kappa shape index (κ2) is 5.22. The van der Waals surface area contributed by atoms with Crippen LogP contribution >= 0.6 is 11.3 Å². The first-order chi connectivity index (χ1) is 9.42. The van der Waals surface area contributed by atoms with Gasteiger partial charge in [-0.05, 0) is 13.8 Å². The van der Waals surface area contributed by atoms with Crippen LogP contribution in [0.4, 0.5) is 5.69 Å². The molecule has 0 aliphatic rings. The number of nitrogens with zero attached hydrogens (tertiary/aromatic N) is 4. The van der Waals surface area contributed by atoms with Gasteiger partial charge in [-0.1, -0.05) is 0 Å². The molecule has 7 nitrogen and oxygen atoms in total. The van der Waals surface area contributed by atoms with Crippen molar-refractivity contribution in [2.75, 3.05) is 0 Å². The largest absolute Gasteiger partial charge is 0.302 e. The van der Waals surface area contributed by atoms with Crippen molar-refractivity contribution in [2.45, 2.75) is 20.4 Å². The topological polar surface area (TPSA) is 102 Å². The maximum atomic E-state index is 12.0. The van der Waals surface area contributed by atoms with Crippen molar-refractivity contribution in [3.63, 3.8) is 0 Å². The van der Waals surface area contributed by atoms with E-state index in [4.69, 9.17) is 5.26 Å². The van der Waals surface area contributed by atoms with Crippen molar-refractivity contribution in [3.05, 3.63) is 53.9 Å². The second-order valence-electron chi connectivity index (χ2n) is 4.16. The molecule has 8 heteroatoms. The molecule has 0 unspecified atom stereocenters. The zero-order valence-electron chi connectivity index (χ0n) is 10.8. The van der Waals surface area contributed by atoms with E-state index in [9.17, 15) is 14.9 Å². The number of pyridine rings is 1. The van der Waals surface area contributed by atoms with Crippen LogP contribution in [0.1, 0.15) is 21.1 Å². The zero-order chi connectivity index (χ0) is 14.9. The van der Waals surface area contributed by atoms with Gasteiger partial charge in [-0.2, -0.15) is 5.26 Å². The van der Waals surface area contributed by atoms with E-state index in [-0.39, 0.29) is 17.8 Å². The predicted molar refractivity (Wildman–Crippen MR) is 72.8 cm³/mol. The number of rotatable bonds is 3. The first-order valence-electron chi connectivity index (χ1n) is 5.64. The summed E-state index contributed by atoms with van der Waals surface area (Å²) in [7, 11) is 0. The first-order valence-corrected chi connectivity index (χ1v) is 6.46.